The summed E-state index contributed by atoms with van der Waals surface area (Å²) in [5, 5.41) is 0. The number of fused-ring (bicyclic) bond motifs is 1. The SMILES string of the molecule is Cc1ccc(CC23CC4CC[C@H]5OC(=O)C(=CC2(C)C)[C@@]45O3)cn1. The summed E-state index contributed by atoms with van der Waals surface area (Å²) >= 11 is 0. The van der Waals surface area contributed by atoms with E-state index in [1.807, 2.05) is 13.1 Å². The number of carbonyl (C=O) groups excluding carboxylic acids is 1. The van der Waals surface area contributed by atoms with Crippen molar-refractivity contribution in [2.24, 2.45) is 11.3 Å². The van der Waals surface area contributed by atoms with Crippen LogP contribution in [0.25, 0.3) is 0 Å². The number of ether oxygens (including phenoxy) is 2. The van der Waals surface area contributed by atoms with E-state index in [0.29, 0.717) is 5.92 Å². The number of nitrogens with zero attached hydrogens (tertiary/aromatic N) is 1. The van der Waals surface area contributed by atoms with Gasteiger partial charge in [0.15, 0.2) is 0 Å². The highest BCUT2D eigenvalue weighted by molar-refractivity contribution is 5.95. The lowest BCUT2D eigenvalue weighted by Gasteiger charge is -2.47. The topological polar surface area (TPSA) is 48.4 Å². The lowest BCUT2D eigenvalue weighted by Crippen LogP contribution is -2.53. The van der Waals surface area contributed by atoms with E-state index in [1.165, 1.54) is 5.56 Å². The fourth-order valence-electron chi connectivity index (χ4n) is 5.48. The molecule has 0 amide bonds. The third-order valence-electron chi connectivity index (χ3n) is 6.83. The van der Waals surface area contributed by atoms with Crippen LogP contribution in [0.1, 0.15) is 44.4 Å². The minimum Gasteiger partial charge on any atom is -0.455 e. The smallest absolute Gasteiger partial charge is 0.337 e. The minimum atomic E-state index is -0.481. The summed E-state index contributed by atoms with van der Waals surface area (Å²) in [6.45, 7) is 6.38. The predicted molar refractivity (Wildman–Crippen MR) is 88.3 cm³/mol. The number of pyridine rings is 1. The van der Waals surface area contributed by atoms with Gasteiger partial charge in [0.25, 0.3) is 0 Å². The van der Waals surface area contributed by atoms with E-state index < -0.39 is 5.60 Å². The van der Waals surface area contributed by atoms with E-state index in [1.54, 1.807) is 0 Å². The number of hydrogen-bond donors (Lipinski definition) is 0. The molecule has 4 nitrogen and oxygen atoms in total. The molecule has 5 rings (SSSR count). The van der Waals surface area contributed by atoms with E-state index in [9.17, 15) is 4.79 Å². The average Bonchev–Trinajstić information content (AvgIpc) is 3.08. The second-order valence-electron chi connectivity index (χ2n) is 8.53. The molecule has 1 aliphatic carbocycles. The van der Waals surface area contributed by atoms with E-state index in [0.717, 1.165) is 37.0 Å². The molecule has 2 bridgehead atoms. The van der Waals surface area contributed by atoms with Crippen LogP contribution in [0.15, 0.2) is 30.0 Å². The highest BCUT2D eigenvalue weighted by Crippen LogP contribution is 2.67. The minimum absolute atomic E-state index is 0.0876. The Hall–Kier alpha value is -1.68. The van der Waals surface area contributed by atoms with Gasteiger partial charge in [-0.2, -0.15) is 0 Å². The van der Waals surface area contributed by atoms with Crippen molar-refractivity contribution < 1.29 is 14.3 Å². The van der Waals surface area contributed by atoms with Crippen molar-refractivity contribution in [3.63, 3.8) is 0 Å². The van der Waals surface area contributed by atoms with Crippen LogP contribution in [0, 0.1) is 18.3 Å². The van der Waals surface area contributed by atoms with Crippen molar-refractivity contribution >= 4 is 5.97 Å². The monoisotopic (exact) mass is 325 g/mol. The van der Waals surface area contributed by atoms with Crippen molar-refractivity contribution in [1.29, 1.82) is 0 Å². The average molecular weight is 325 g/mol. The number of rotatable bonds is 2. The summed E-state index contributed by atoms with van der Waals surface area (Å²) in [5.74, 6) is 0.227. The molecule has 1 spiro atoms. The molecular weight excluding hydrogens is 302 g/mol. The molecule has 2 unspecified atom stereocenters. The van der Waals surface area contributed by atoms with Crippen LogP contribution < -0.4 is 0 Å². The molecule has 2 saturated heterocycles. The number of aromatic nitrogens is 1. The Kier molecular flexibility index (Phi) is 2.62. The molecule has 4 heteroatoms. The second kappa shape index (κ2) is 4.29. The van der Waals surface area contributed by atoms with E-state index in [-0.39, 0.29) is 23.1 Å². The summed E-state index contributed by atoms with van der Waals surface area (Å²) in [4.78, 5) is 16.8. The number of aryl methyl sites for hydroxylation is 1. The number of carbonyl (C=O) groups is 1. The molecule has 4 heterocycles. The molecule has 3 fully saturated rings. The summed E-state index contributed by atoms with van der Waals surface area (Å²) in [6, 6.07) is 4.21. The maximum Gasteiger partial charge on any atom is 0.337 e. The Morgan fingerprint density at radius 2 is 2.12 bits per heavy atom. The van der Waals surface area contributed by atoms with E-state index in [4.69, 9.17) is 9.47 Å². The third-order valence-corrected chi connectivity index (χ3v) is 6.83. The molecule has 1 aromatic heterocycles. The van der Waals surface area contributed by atoms with Crippen LogP contribution in [-0.4, -0.2) is 28.3 Å². The van der Waals surface area contributed by atoms with Gasteiger partial charge in [-0.05, 0) is 43.7 Å². The number of hydrogen-bond acceptors (Lipinski definition) is 4. The fourth-order valence-corrected chi connectivity index (χ4v) is 5.48. The van der Waals surface area contributed by atoms with Crippen LogP contribution in [0.5, 0.6) is 0 Å². The molecule has 1 saturated carbocycles. The highest BCUT2D eigenvalue weighted by atomic mass is 16.6. The summed E-state index contributed by atoms with van der Waals surface area (Å²) < 4.78 is 12.5. The Morgan fingerprint density at radius 1 is 1.29 bits per heavy atom. The predicted octanol–water partition coefficient (Wildman–Crippen LogP) is 3.13. The standard InChI is InChI=1S/C20H23NO3/c1-12-4-5-13(11-21-12)8-19-9-14-6-7-16-20(14,24-19)15(17(22)23-16)10-18(19,2)3/h4-5,10-11,14,16H,6-9H2,1-3H3/t14?,16-,19?,20+/m1/s1. The first kappa shape index (κ1) is 14.6. The number of esters is 1. The lowest BCUT2D eigenvalue weighted by atomic mass is 9.68. The van der Waals surface area contributed by atoms with Gasteiger partial charge in [0, 0.05) is 23.7 Å². The summed E-state index contributed by atoms with van der Waals surface area (Å²) in [7, 11) is 0. The molecule has 3 aliphatic heterocycles. The first-order valence-electron chi connectivity index (χ1n) is 8.92. The first-order valence-corrected chi connectivity index (χ1v) is 8.92. The summed E-state index contributed by atoms with van der Waals surface area (Å²) in [6.07, 6.45) is 7.86. The van der Waals surface area contributed by atoms with Gasteiger partial charge in [-0.25, -0.2) is 4.79 Å². The molecular formula is C20H23NO3. The zero-order valence-corrected chi connectivity index (χ0v) is 14.5. The van der Waals surface area contributed by atoms with Crippen molar-refractivity contribution in [2.45, 2.75) is 63.8 Å². The summed E-state index contributed by atoms with van der Waals surface area (Å²) in [5.41, 5.74) is 2.03. The largest absolute Gasteiger partial charge is 0.455 e. The van der Waals surface area contributed by atoms with Gasteiger partial charge in [0.2, 0.25) is 0 Å². The molecule has 0 N–H and O–H groups in total. The maximum absolute atomic E-state index is 12.4. The van der Waals surface area contributed by atoms with Gasteiger partial charge in [0.1, 0.15) is 11.7 Å². The lowest BCUT2D eigenvalue weighted by molar-refractivity contribution is -0.164. The first-order chi connectivity index (χ1) is 11.4. The highest BCUT2D eigenvalue weighted by Gasteiger charge is 2.74. The third kappa shape index (κ3) is 1.58. The van der Waals surface area contributed by atoms with E-state index >= 15 is 0 Å². The van der Waals surface area contributed by atoms with Crippen LogP contribution in [0.4, 0.5) is 0 Å². The zero-order valence-electron chi connectivity index (χ0n) is 14.5. The molecule has 24 heavy (non-hydrogen) atoms. The van der Waals surface area contributed by atoms with Crippen molar-refractivity contribution in [2.75, 3.05) is 0 Å². The molecule has 4 aliphatic rings. The van der Waals surface area contributed by atoms with E-state index in [2.05, 4.69) is 37.0 Å². The van der Waals surface area contributed by atoms with Crippen molar-refractivity contribution in [3.05, 3.63) is 41.2 Å². The van der Waals surface area contributed by atoms with Gasteiger partial charge in [-0.1, -0.05) is 26.0 Å². The molecule has 1 aromatic rings. The Morgan fingerprint density at radius 3 is 2.88 bits per heavy atom. The van der Waals surface area contributed by atoms with Gasteiger partial charge >= 0.3 is 5.97 Å². The van der Waals surface area contributed by atoms with Crippen LogP contribution in [-0.2, 0) is 20.7 Å². The maximum atomic E-state index is 12.4. The van der Waals surface area contributed by atoms with Crippen molar-refractivity contribution in [1.82, 2.24) is 4.98 Å². The van der Waals surface area contributed by atoms with Gasteiger partial charge < -0.3 is 9.47 Å². The Balaban J connectivity index is 1.62. The molecule has 0 aromatic carbocycles. The van der Waals surface area contributed by atoms with Gasteiger partial charge in [0.05, 0.1) is 11.2 Å². The quantitative estimate of drug-likeness (QED) is 0.784. The molecule has 4 atom stereocenters. The van der Waals surface area contributed by atoms with Crippen LogP contribution >= 0.6 is 0 Å². The van der Waals surface area contributed by atoms with Gasteiger partial charge in [-0.15, -0.1) is 0 Å². The zero-order chi connectivity index (χ0) is 16.7. The Labute approximate surface area is 142 Å². The Bertz CT molecular complexity index is 766. The fraction of sp³-hybridized carbons (Fsp3) is 0.600. The normalized spacial score (nSPS) is 41.1. The van der Waals surface area contributed by atoms with Crippen LogP contribution in [0.3, 0.4) is 0 Å². The molecule has 0 radical (unpaired) electrons. The van der Waals surface area contributed by atoms with Crippen molar-refractivity contribution in [3.8, 4) is 0 Å². The molecule has 126 valence electrons. The second-order valence-corrected chi connectivity index (χ2v) is 8.53. The van der Waals surface area contributed by atoms with Crippen LogP contribution in [0.2, 0.25) is 0 Å². The van der Waals surface area contributed by atoms with Gasteiger partial charge in [-0.3, -0.25) is 4.98 Å².